The zero-order valence-corrected chi connectivity index (χ0v) is 15.0. The van der Waals surface area contributed by atoms with Crippen LogP contribution in [0.2, 0.25) is 0 Å². The summed E-state index contributed by atoms with van der Waals surface area (Å²) in [5.74, 6) is -0.699. The number of nitrogens with zero attached hydrogens (tertiary/aromatic N) is 1. The van der Waals surface area contributed by atoms with Crippen LogP contribution in [0.25, 0.3) is 0 Å². The number of hydroxylamine groups is 2. The molecule has 0 spiro atoms. The molecular weight excluding hydrogens is 300 g/mol. The Morgan fingerprint density at radius 1 is 1.26 bits per heavy atom. The fourth-order valence-corrected chi connectivity index (χ4v) is 3.22. The van der Waals surface area contributed by atoms with Gasteiger partial charge in [0, 0.05) is 6.54 Å². The molecule has 0 aliphatic carbocycles. The van der Waals surface area contributed by atoms with Crippen LogP contribution in [0.5, 0.6) is 0 Å². The Bertz CT molecular complexity index is 434. The molecule has 0 aromatic rings. The number of carbonyl (C=O) groups is 1. The summed E-state index contributed by atoms with van der Waals surface area (Å²) in [5.41, 5.74) is -0.405. The van der Waals surface area contributed by atoms with Crippen LogP contribution in [-0.4, -0.2) is 58.5 Å². The molecule has 2 unspecified atom stereocenters. The van der Waals surface area contributed by atoms with Gasteiger partial charge in [0.05, 0.1) is 23.8 Å². The molecule has 1 amide bonds. The zero-order valence-electron chi connectivity index (χ0n) is 15.0. The zero-order chi connectivity index (χ0) is 17.5. The van der Waals surface area contributed by atoms with E-state index >= 15 is 0 Å². The molecular formula is C16H30N2O5. The molecule has 7 nitrogen and oxygen atoms in total. The van der Waals surface area contributed by atoms with E-state index in [-0.39, 0.29) is 17.6 Å². The van der Waals surface area contributed by atoms with E-state index in [2.05, 4.69) is 33.0 Å². The molecule has 0 aromatic heterocycles. The molecule has 2 N–H and O–H groups in total. The first-order valence-corrected chi connectivity index (χ1v) is 8.19. The van der Waals surface area contributed by atoms with Gasteiger partial charge in [-0.2, -0.15) is 0 Å². The molecule has 2 heterocycles. The Morgan fingerprint density at radius 3 is 2.30 bits per heavy atom. The van der Waals surface area contributed by atoms with E-state index in [1.54, 1.807) is 18.9 Å². The highest BCUT2D eigenvalue weighted by atomic mass is 16.7. The molecule has 0 radical (unpaired) electrons. The minimum Gasteiger partial charge on any atom is -0.388 e. The van der Waals surface area contributed by atoms with Crippen LogP contribution in [0.15, 0.2) is 0 Å². The Kier molecular flexibility index (Phi) is 4.97. The number of aliphatic hydroxyl groups excluding tert-OH is 1. The third kappa shape index (κ3) is 4.35. The Labute approximate surface area is 138 Å². The van der Waals surface area contributed by atoms with Gasteiger partial charge in [0.25, 0.3) is 0 Å². The second-order valence-corrected chi connectivity index (χ2v) is 8.11. The van der Waals surface area contributed by atoms with Crippen LogP contribution in [0, 0.1) is 0 Å². The summed E-state index contributed by atoms with van der Waals surface area (Å²) in [6.45, 7) is 12.1. The van der Waals surface area contributed by atoms with Gasteiger partial charge >= 0.3 is 6.09 Å². The van der Waals surface area contributed by atoms with E-state index < -0.39 is 24.1 Å². The number of carbonyl (C=O) groups excluding carboxylic acids is 1. The molecule has 2 aliphatic heterocycles. The third-order valence-electron chi connectivity index (χ3n) is 4.54. The van der Waals surface area contributed by atoms with Crippen molar-refractivity contribution in [3.63, 3.8) is 0 Å². The van der Waals surface area contributed by atoms with Crippen LogP contribution >= 0.6 is 0 Å². The molecule has 134 valence electrons. The number of ether oxygens (including phenoxy) is 2. The Morgan fingerprint density at radius 2 is 1.83 bits per heavy atom. The van der Waals surface area contributed by atoms with E-state index in [0.717, 1.165) is 12.8 Å². The molecule has 0 bridgehead atoms. The summed E-state index contributed by atoms with van der Waals surface area (Å²) in [7, 11) is 0. The number of rotatable bonds is 4. The van der Waals surface area contributed by atoms with E-state index in [9.17, 15) is 9.90 Å². The molecule has 2 fully saturated rings. The lowest BCUT2D eigenvalue weighted by Crippen LogP contribution is -2.51. The first-order chi connectivity index (χ1) is 10.4. The van der Waals surface area contributed by atoms with Crippen LogP contribution in [-0.2, 0) is 14.3 Å². The maximum absolute atomic E-state index is 12.1. The van der Waals surface area contributed by atoms with Gasteiger partial charge in [-0.1, -0.05) is 0 Å². The van der Waals surface area contributed by atoms with Crippen molar-refractivity contribution in [1.82, 2.24) is 10.4 Å². The van der Waals surface area contributed by atoms with Gasteiger partial charge in [-0.25, -0.2) is 4.79 Å². The molecule has 0 aromatic carbocycles. The molecule has 7 heteroatoms. The summed E-state index contributed by atoms with van der Waals surface area (Å²) < 4.78 is 11.0. The number of aliphatic hydroxyl groups is 1. The number of nitrogens with one attached hydrogen (secondary N) is 1. The van der Waals surface area contributed by atoms with Crippen molar-refractivity contribution in [2.45, 2.75) is 83.5 Å². The SMILES string of the molecule is CC1(C)OCC(C(O)CNC(=O)ON2C(C)(C)CCC2(C)C)O1. The quantitative estimate of drug-likeness (QED) is 0.818. The van der Waals surface area contributed by atoms with E-state index in [1.807, 2.05) is 0 Å². The van der Waals surface area contributed by atoms with Crippen molar-refractivity contribution >= 4 is 6.09 Å². The van der Waals surface area contributed by atoms with Crippen molar-refractivity contribution in [3.05, 3.63) is 0 Å². The lowest BCUT2D eigenvalue weighted by atomic mass is 10.0. The van der Waals surface area contributed by atoms with E-state index in [1.165, 1.54) is 0 Å². The second kappa shape index (κ2) is 6.20. The largest absolute Gasteiger partial charge is 0.426 e. The van der Waals surface area contributed by atoms with Crippen LogP contribution < -0.4 is 5.32 Å². The summed E-state index contributed by atoms with van der Waals surface area (Å²) >= 11 is 0. The average Bonchev–Trinajstić information content (AvgIpc) is 2.88. The second-order valence-electron chi connectivity index (χ2n) is 8.11. The van der Waals surface area contributed by atoms with E-state index in [0.29, 0.717) is 6.61 Å². The average molecular weight is 330 g/mol. The maximum Gasteiger partial charge on any atom is 0.426 e. The standard InChI is InChI=1S/C16H30N2O5/c1-14(2)7-8-15(3,4)18(14)23-13(20)17-9-11(19)12-10-21-16(5,6)22-12/h11-12,19H,7-10H2,1-6H3,(H,17,20). The van der Waals surface area contributed by atoms with E-state index in [4.69, 9.17) is 14.3 Å². The number of hydrogen-bond donors (Lipinski definition) is 2. The maximum atomic E-state index is 12.1. The monoisotopic (exact) mass is 330 g/mol. The normalized spacial score (nSPS) is 30.1. The van der Waals surface area contributed by atoms with Gasteiger partial charge in [-0.05, 0) is 54.4 Å². The van der Waals surface area contributed by atoms with Gasteiger partial charge in [0.15, 0.2) is 5.79 Å². The van der Waals surface area contributed by atoms with Gasteiger partial charge in [0.1, 0.15) is 6.10 Å². The van der Waals surface area contributed by atoms with Crippen LogP contribution in [0.4, 0.5) is 4.79 Å². The van der Waals surface area contributed by atoms with Gasteiger partial charge in [-0.3, -0.25) is 0 Å². The highest BCUT2D eigenvalue weighted by Crippen LogP contribution is 2.40. The lowest BCUT2D eigenvalue weighted by molar-refractivity contribution is -0.192. The fourth-order valence-electron chi connectivity index (χ4n) is 3.22. The van der Waals surface area contributed by atoms with Crippen molar-refractivity contribution < 1.29 is 24.2 Å². The Balaban J connectivity index is 1.81. The molecule has 0 saturated carbocycles. The van der Waals surface area contributed by atoms with Crippen LogP contribution in [0.3, 0.4) is 0 Å². The predicted molar refractivity (Wildman–Crippen MR) is 84.6 cm³/mol. The highest BCUT2D eigenvalue weighted by molar-refractivity contribution is 5.67. The van der Waals surface area contributed by atoms with Crippen molar-refractivity contribution in [3.8, 4) is 0 Å². The highest BCUT2D eigenvalue weighted by Gasteiger charge is 2.47. The first kappa shape index (κ1) is 18.4. The summed E-state index contributed by atoms with van der Waals surface area (Å²) in [6, 6.07) is 0. The number of amides is 1. The van der Waals surface area contributed by atoms with Gasteiger partial charge in [-0.15, -0.1) is 5.06 Å². The molecule has 2 rings (SSSR count). The molecule has 23 heavy (non-hydrogen) atoms. The minimum absolute atomic E-state index is 0.0532. The van der Waals surface area contributed by atoms with Crippen molar-refractivity contribution in [1.29, 1.82) is 0 Å². The predicted octanol–water partition coefficient (Wildman–Crippen LogP) is 1.79. The number of hydrogen-bond acceptors (Lipinski definition) is 6. The smallest absolute Gasteiger partial charge is 0.388 e. The van der Waals surface area contributed by atoms with Crippen molar-refractivity contribution in [2.24, 2.45) is 0 Å². The Hall–Kier alpha value is -0.890. The third-order valence-corrected chi connectivity index (χ3v) is 4.54. The van der Waals surface area contributed by atoms with Crippen molar-refractivity contribution in [2.75, 3.05) is 13.2 Å². The fraction of sp³-hybridized carbons (Fsp3) is 0.938. The topological polar surface area (TPSA) is 80.3 Å². The summed E-state index contributed by atoms with van der Waals surface area (Å²) in [5, 5.41) is 14.5. The van der Waals surface area contributed by atoms with Gasteiger partial charge < -0.3 is 24.7 Å². The molecule has 2 aliphatic rings. The van der Waals surface area contributed by atoms with Gasteiger partial charge in [0.2, 0.25) is 0 Å². The first-order valence-electron chi connectivity index (χ1n) is 8.19. The molecule has 2 saturated heterocycles. The lowest BCUT2D eigenvalue weighted by Gasteiger charge is -2.37. The molecule has 2 atom stereocenters. The minimum atomic E-state index is -0.844. The summed E-state index contributed by atoms with van der Waals surface area (Å²) in [4.78, 5) is 17.6. The summed E-state index contributed by atoms with van der Waals surface area (Å²) in [6.07, 6.45) is 0.0513. The van der Waals surface area contributed by atoms with Crippen LogP contribution in [0.1, 0.15) is 54.4 Å².